The zero-order valence-electron chi connectivity index (χ0n) is 22.4. The van der Waals surface area contributed by atoms with Crippen LogP contribution in [-0.4, -0.2) is 13.9 Å². The highest BCUT2D eigenvalue weighted by atomic mass is 32.2. The van der Waals surface area contributed by atoms with Crippen molar-refractivity contribution >= 4 is 20.9 Å². The molecule has 3 nitrogen and oxygen atoms in total. The van der Waals surface area contributed by atoms with Gasteiger partial charge < -0.3 is 4.18 Å². The largest absolute Gasteiger partial charge is 0.534 e. The van der Waals surface area contributed by atoms with Crippen LogP contribution < -0.4 is 4.18 Å². The molecule has 2 aliphatic rings. The summed E-state index contributed by atoms with van der Waals surface area (Å²) < 4.78 is 65.7. The van der Waals surface area contributed by atoms with E-state index in [-0.39, 0.29) is 0 Å². The average Bonchev–Trinajstić information content (AvgIpc) is 3.47. The molecular weight excluding hydrogens is 569 g/mol. The highest BCUT2D eigenvalue weighted by Crippen LogP contribution is 2.63. The van der Waals surface area contributed by atoms with Crippen molar-refractivity contribution in [2.24, 2.45) is 0 Å². The Kier molecular flexibility index (Phi) is 5.29. The summed E-state index contributed by atoms with van der Waals surface area (Å²) >= 11 is 0. The van der Waals surface area contributed by atoms with Gasteiger partial charge in [0.15, 0.2) is 0 Å². The van der Waals surface area contributed by atoms with Crippen LogP contribution in [0.15, 0.2) is 127 Å². The minimum absolute atomic E-state index is 0.395. The van der Waals surface area contributed by atoms with E-state index in [1.165, 1.54) is 56.6 Å². The molecule has 0 radical (unpaired) electrons. The number of rotatable bonds is 3. The van der Waals surface area contributed by atoms with Crippen LogP contribution in [0.1, 0.15) is 22.3 Å². The van der Waals surface area contributed by atoms with Crippen molar-refractivity contribution in [3.8, 4) is 39.1 Å². The molecule has 6 aromatic carbocycles. The van der Waals surface area contributed by atoms with E-state index in [1.54, 1.807) is 12.1 Å². The van der Waals surface area contributed by atoms with E-state index in [0.717, 1.165) is 16.5 Å². The monoisotopic (exact) mass is 590 g/mol. The van der Waals surface area contributed by atoms with Crippen LogP contribution in [0.25, 0.3) is 44.2 Å². The molecule has 7 heteroatoms. The van der Waals surface area contributed by atoms with Gasteiger partial charge in [-0.05, 0) is 90.7 Å². The second kappa shape index (κ2) is 8.82. The number of hydrogen-bond donors (Lipinski definition) is 0. The third kappa shape index (κ3) is 3.58. The van der Waals surface area contributed by atoms with E-state index in [1.807, 2.05) is 12.1 Å². The Balaban J connectivity index is 1.28. The molecule has 0 saturated heterocycles. The molecule has 0 atom stereocenters. The van der Waals surface area contributed by atoms with Gasteiger partial charge >= 0.3 is 15.6 Å². The molecule has 43 heavy (non-hydrogen) atoms. The van der Waals surface area contributed by atoms with E-state index in [9.17, 15) is 21.6 Å². The van der Waals surface area contributed by atoms with Gasteiger partial charge in [0.1, 0.15) is 5.75 Å². The number of hydrogen-bond acceptors (Lipinski definition) is 3. The Bertz CT molecular complexity index is 2170. The fourth-order valence-corrected chi connectivity index (χ4v) is 7.36. The lowest BCUT2D eigenvalue weighted by molar-refractivity contribution is -0.0500. The standard InChI is InChI=1S/C36H21F3O3S/c37-36(38,39)43(40,41)42-26-17-15-23-19-22(13-14-24(23)20-26)25-16-18-30-29-9-3-6-12-33(29)35(34(30)21-25)31-10-4-1-7-27(31)28-8-2-5-11-32(28)35/h1-21H. The van der Waals surface area contributed by atoms with Gasteiger partial charge in [-0.1, -0.05) is 103 Å². The molecule has 210 valence electrons. The van der Waals surface area contributed by atoms with Gasteiger partial charge in [-0.15, -0.1) is 0 Å². The van der Waals surface area contributed by atoms with Crippen molar-refractivity contribution in [3.05, 3.63) is 150 Å². The molecule has 0 fully saturated rings. The molecule has 0 amide bonds. The molecule has 0 saturated carbocycles. The van der Waals surface area contributed by atoms with E-state index >= 15 is 0 Å². The van der Waals surface area contributed by atoms with Gasteiger partial charge in [0.05, 0.1) is 5.41 Å². The van der Waals surface area contributed by atoms with Crippen LogP contribution in [-0.2, 0) is 15.5 Å². The summed E-state index contributed by atoms with van der Waals surface area (Å²) in [6.07, 6.45) is 0. The zero-order chi connectivity index (χ0) is 29.6. The molecule has 2 aliphatic carbocycles. The topological polar surface area (TPSA) is 43.4 Å². The number of fused-ring (bicyclic) bond motifs is 11. The molecular formula is C36H21F3O3S. The Morgan fingerprint density at radius 1 is 0.512 bits per heavy atom. The van der Waals surface area contributed by atoms with E-state index < -0.39 is 26.8 Å². The second-order valence-electron chi connectivity index (χ2n) is 10.9. The van der Waals surface area contributed by atoms with Crippen LogP contribution in [0.4, 0.5) is 13.2 Å². The normalized spacial score (nSPS) is 14.3. The Labute approximate surface area is 246 Å². The molecule has 0 aromatic heterocycles. The smallest absolute Gasteiger partial charge is 0.376 e. The summed E-state index contributed by atoms with van der Waals surface area (Å²) in [4.78, 5) is 0. The van der Waals surface area contributed by atoms with Crippen LogP contribution in [0.5, 0.6) is 5.75 Å². The Hall–Kier alpha value is -4.88. The lowest BCUT2D eigenvalue weighted by Gasteiger charge is -2.30. The minimum atomic E-state index is -5.75. The summed E-state index contributed by atoms with van der Waals surface area (Å²) in [6, 6.07) is 42.0. The van der Waals surface area contributed by atoms with Crippen molar-refractivity contribution in [1.29, 1.82) is 0 Å². The van der Waals surface area contributed by atoms with E-state index in [0.29, 0.717) is 5.39 Å². The summed E-state index contributed by atoms with van der Waals surface area (Å²) in [7, 11) is -5.75. The summed E-state index contributed by atoms with van der Waals surface area (Å²) in [5.74, 6) is -0.395. The zero-order valence-corrected chi connectivity index (χ0v) is 23.2. The van der Waals surface area contributed by atoms with E-state index in [2.05, 4.69) is 95.2 Å². The summed E-state index contributed by atoms with van der Waals surface area (Å²) in [5, 5.41) is 1.30. The second-order valence-corrected chi connectivity index (χ2v) is 12.4. The van der Waals surface area contributed by atoms with Gasteiger partial charge in [-0.2, -0.15) is 21.6 Å². The lowest BCUT2D eigenvalue weighted by atomic mass is 9.70. The quantitative estimate of drug-likeness (QED) is 0.152. The maximum atomic E-state index is 12.8. The predicted octanol–water partition coefficient (Wildman–Crippen LogP) is 9.08. The van der Waals surface area contributed by atoms with Crippen LogP contribution in [0, 0.1) is 0 Å². The first-order valence-corrected chi connectivity index (χ1v) is 15.1. The van der Waals surface area contributed by atoms with Gasteiger partial charge in [0.2, 0.25) is 0 Å². The molecule has 1 spiro atoms. The van der Waals surface area contributed by atoms with E-state index in [4.69, 9.17) is 0 Å². The number of benzene rings is 6. The SMILES string of the molecule is O=S(=O)(Oc1ccc2cc(-c3ccc4c(c3)C3(c5ccccc5-c5ccccc53)c3ccccc3-4)ccc2c1)C(F)(F)F. The maximum absolute atomic E-state index is 12.8. The van der Waals surface area contributed by atoms with Crippen molar-refractivity contribution < 1.29 is 25.8 Å². The van der Waals surface area contributed by atoms with Crippen LogP contribution in [0.3, 0.4) is 0 Å². The van der Waals surface area contributed by atoms with Gasteiger partial charge in [0.25, 0.3) is 0 Å². The Morgan fingerprint density at radius 3 is 1.56 bits per heavy atom. The maximum Gasteiger partial charge on any atom is 0.534 e. The van der Waals surface area contributed by atoms with Crippen LogP contribution >= 0.6 is 0 Å². The molecule has 0 bridgehead atoms. The van der Waals surface area contributed by atoms with Crippen molar-refractivity contribution in [1.82, 2.24) is 0 Å². The molecule has 8 rings (SSSR count). The highest BCUT2D eigenvalue weighted by Gasteiger charge is 2.51. The minimum Gasteiger partial charge on any atom is -0.376 e. The Morgan fingerprint density at radius 2 is 0.977 bits per heavy atom. The third-order valence-corrected chi connectivity index (χ3v) is 9.61. The molecule has 0 unspecified atom stereocenters. The molecule has 6 aromatic rings. The first-order valence-electron chi connectivity index (χ1n) is 13.7. The fourth-order valence-electron chi connectivity index (χ4n) is 6.90. The molecule has 0 aliphatic heterocycles. The number of halogens is 3. The van der Waals surface area contributed by atoms with Crippen molar-refractivity contribution in [3.63, 3.8) is 0 Å². The molecule has 0 heterocycles. The lowest BCUT2D eigenvalue weighted by Crippen LogP contribution is -2.28. The van der Waals surface area contributed by atoms with Crippen molar-refractivity contribution in [2.45, 2.75) is 10.9 Å². The molecule has 0 N–H and O–H groups in total. The first-order chi connectivity index (χ1) is 20.7. The fraction of sp³-hybridized carbons (Fsp3) is 0.0556. The van der Waals surface area contributed by atoms with Gasteiger partial charge in [-0.3, -0.25) is 0 Å². The van der Waals surface area contributed by atoms with Gasteiger partial charge in [0, 0.05) is 0 Å². The first kappa shape index (κ1) is 25.8. The van der Waals surface area contributed by atoms with Gasteiger partial charge in [-0.25, -0.2) is 0 Å². The summed E-state index contributed by atoms with van der Waals surface area (Å²) in [6.45, 7) is 0. The van der Waals surface area contributed by atoms with Crippen molar-refractivity contribution in [2.75, 3.05) is 0 Å². The average molecular weight is 591 g/mol. The van der Waals surface area contributed by atoms with Crippen LogP contribution in [0.2, 0.25) is 0 Å². The predicted molar refractivity (Wildman–Crippen MR) is 161 cm³/mol. The third-order valence-electron chi connectivity index (χ3n) is 8.63. The number of alkyl halides is 3. The summed E-state index contributed by atoms with van der Waals surface area (Å²) in [5.41, 5.74) is 5.73. The highest BCUT2D eigenvalue weighted by molar-refractivity contribution is 7.88.